The minimum absolute atomic E-state index is 0.189. The van der Waals surface area contributed by atoms with Gasteiger partial charge in [0.25, 0.3) is 0 Å². The van der Waals surface area contributed by atoms with Crippen LogP contribution in [-0.2, 0) is 20.0 Å². The minimum Gasteiger partial charge on any atom is -0.452 e. The van der Waals surface area contributed by atoms with E-state index in [2.05, 4.69) is 0 Å². The molecular formula is C23H24FO4P. The van der Waals surface area contributed by atoms with Crippen molar-refractivity contribution in [2.45, 2.75) is 27.2 Å². The Labute approximate surface area is 170 Å². The summed E-state index contributed by atoms with van der Waals surface area (Å²) in [4.78, 5) is 0. The summed E-state index contributed by atoms with van der Waals surface area (Å²) < 4.78 is 44.0. The quantitative estimate of drug-likeness (QED) is 0.501. The Hall–Kier alpha value is -2.20. The molecule has 0 unspecified atom stereocenters. The molecule has 0 N–H and O–H groups in total. The number of hydrogen-bond donors (Lipinski definition) is 0. The van der Waals surface area contributed by atoms with Gasteiger partial charge in [0.15, 0.2) is 0 Å². The molecule has 2 heterocycles. The molecule has 0 radical (unpaired) electrons. The highest BCUT2D eigenvalue weighted by atomic mass is 31.2. The lowest BCUT2D eigenvalue weighted by Gasteiger charge is -2.32. The zero-order chi connectivity index (χ0) is 20.6. The Bertz CT molecular complexity index is 1040. The Morgan fingerprint density at radius 1 is 1.00 bits per heavy atom. The molecule has 0 amide bonds. The van der Waals surface area contributed by atoms with Crippen molar-refractivity contribution in [2.24, 2.45) is 5.41 Å². The third kappa shape index (κ3) is 4.37. The molecule has 0 aliphatic carbocycles. The molecule has 152 valence electrons. The van der Waals surface area contributed by atoms with Crippen molar-refractivity contribution in [3.05, 3.63) is 77.3 Å². The third-order valence-electron chi connectivity index (χ3n) is 4.96. The van der Waals surface area contributed by atoms with Crippen LogP contribution in [0, 0.1) is 18.2 Å². The number of benzene rings is 2. The zero-order valence-corrected chi connectivity index (χ0v) is 17.7. The van der Waals surface area contributed by atoms with Gasteiger partial charge in [-0.05, 0) is 30.2 Å². The largest absolute Gasteiger partial charge is 0.452 e. The summed E-state index contributed by atoms with van der Waals surface area (Å²) >= 11 is 0. The van der Waals surface area contributed by atoms with Crippen LogP contribution in [0.25, 0.3) is 11.1 Å². The Balaban J connectivity index is 1.73. The SMILES string of the molecule is Cc1ccc(Cc2oc(P3(=O)OCC(C)(C)CO3)cc2-c2ccc(F)cc2)cc1. The second-order valence-electron chi connectivity index (χ2n) is 8.30. The monoisotopic (exact) mass is 414 g/mol. The highest BCUT2D eigenvalue weighted by Gasteiger charge is 2.41. The molecule has 0 atom stereocenters. The van der Waals surface area contributed by atoms with Gasteiger partial charge in [-0.2, -0.15) is 0 Å². The van der Waals surface area contributed by atoms with Gasteiger partial charge < -0.3 is 13.5 Å². The molecule has 0 saturated carbocycles. The molecule has 3 aromatic rings. The van der Waals surface area contributed by atoms with Gasteiger partial charge in [-0.1, -0.05) is 55.8 Å². The topological polar surface area (TPSA) is 48.7 Å². The predicted molar refractivity (Wildman–Crippen MR) is 111 cm³/mol. The highest BCUT2D eigenvalue weighted by molar-refractivity contribution is 7.61. The van der Waals surface area contributed by atoms with E-state index in [0.29, 0.717) is 25.4 Å². The van der Waals surface area contributed by atoms with Crippen LogP contribution in [0.5, 0.6) is 0 Å². The van der Waals surface area contributed by atoms with Crippen LogP contribution in [0.2, 0.25) is 0 Å². The number of furan rings is 1. The van der Waals surface area contributed by atoms with E-state index in [0.717, 1.165) is 16.7 Å². The molecule has 1 aliphatic heterocycles. The van der Waals surface area contributed by atoms with Gasteiger partial charge in [0.05, 0.1) is 13.2 Å². The van der Waals surface area contributed by atoms with Gasteiger partial charge in [0.2, 0.25) is 5.50 Å². The first-order valence-corrected chi connectivity index (χ1v) is 11.1. The highest BCUT2D eigenvalue weighted by Crippen LogP contribution is 2.53. The van der Waals surface area contributed by atoms with E-state index < -0.39 is 7.60 Å². The summed E-state index contributed by atoms with van der Waals surface area (Å²) in [6.45, 7) is 6.66. The van der Waals surface area contributed by atoms with Gasteiger partial charge in [-0.15, -0.1) is 0 Å². The van der Waals surface area contributed by atoms with E-state index in [-0.39, 0.29) is 16.7 Å². The van der Waals surface area contributed by atoms with E-state index in [9.17, 15) is 8.96 Å². The fourth-order valence-corrected chi connectivity index (χ4v) is 5.05. The molecule has 4 rings (SSSR count). The predicted octanol–water partition coefficient (Wildman–Crippen LogP) is 5.88. The molecule has 1 aromatic heterocycles. The van der Waals surface area contributed by atoms with Crippen molar-refractivity contribution in [3.63, 3.8) is 0 Å². The van der Waals surface area contributed by atoms with Crippen LogP contribution in [-0.4, -0.2) is 13.2 Å². The molecule has 6 heteroatoms. The molecule has 4 nitrogen and oxygen atoms in total. The van der Waals surface area contributed by atoms with Crippen LogP contribution >= 0.6 is 7.60 Å². The van der Waals surface area contributed by atoms with Crippen LogP contribution in [0.3, 0.4) is 0 Å². The number of hydrogen-bond acceptors (Lipinski definition) is 4. The molecule has 0 bridgehead atoms. The summed E-state index contributed by atoms with van der Waals surface area (Å²) in [7, 11) is -3.54. The van der Waals surface area contributed by atoms with Gasteiger partial charge in [0, 0.05) is 23.5 Å². The first-order valence-electron chi connectivity index (χ1n) is 9.58. The van der Waals surface area contributed by atoms with Crippen molar-refractivity contribution in [2.75, 3.05) is 13.2 Å². The summed E-state index contributed by atoms with van der Waals surface area (Å²) in [5.41, 5.74) is 3.76. The average molecular weight is 414 g/mol. The lowest BCUT2D eigenvalue weighted by molar-refractivity contribution is 0.0447. The molecule has 0 spiro atoms. The van der Waals surface area contributed by atoms with E-state index in [1.54, 1.807) is 18.2 Å². The number of halogens is 1. The van der Waals surface area contributed by atoms with Crippen molar-refractivity contribution < 1.29 is 22.4 Å². The second kappa shape index (κ2) is 7.56. The van der Waals surface area contributed by atoms with E-state index in [4.69, 9.17) is 13.5 Å². The number of rotatable bonds is 4. The maximum absolute atomic E-state index is 13.4. The van der Waals surface area contributed by atoms with E-state index in [1.165, 1.54) is 17.7 Å². The fourth-order valence-electron chi connectivity index (χ4n) is 3.17. The Kier molecular flexibility index (Phi) is 5.24. The van der Waals surface area contributed by atoms with Gasteiger partial charge in [-0.3, -0.25) is 4.57 Å². The first kappa shape index (κ1) is 20.1. The maximum Gasteiger partial charge on any atom is 0.396 e. The van der Waals surface area contributed by atoms with E-state index >= 15 is 0 Å². The average Bonchev–Trinajstić information content (AvgIpc) is 3.11. The van der Waals surface area contributed by atoms with Crippen molar-refractivity contribution >= 4 is 13.1 Å². The van der Waals surface area contributed by atoms with Crippen molar-refractivity contribution in [1.29, 1.82) is 0 Å². The van der Waals surface area contributed by atoms with Crippen molar-refractivity contribution in [3.8, 4) is 11.1 Å². The fraction of sp³-hybridized carbons (Fsp3) is 0.304. The standard InChI is InChI=1S/C23H24FO4P/c1-16-4-6-17(7-5-16)12-21-20(18-8-10-19(24)11-9-18)13-22(28-21)29(25)26-14-23(2,3)15-27-29/h4-11,13H,12,14-15H2,1-3H3. The zero-order valence-electron chi connectivity index (χ0n) is 16.8. The summed E-state index contributed by atoms with van der Waals surface area (Å²) in [6.07, 6.45) is 0.512. The van der Waals surface area contributed by atoms with Crippen LogP contribution in [0.1, 0.15) is 30.7 Å². The molecule has 1 fully saturated rings. The van der Waals surface area contributed by atoms with Gasteiger partial charge in [-0.25, -0.2) is 4.39 Å². The molecular weight excluding hydrogens is 390 g/mol. The summed E-state index contributed by atoms with van der Waals surface area (Å²) in [5, 5.41) is 0. The smallest absolute Gasteiger partial charge is 0.396 e. The number of aryl methyl sites for hydroxylation is 1. The Morgan fingerprint density at radius 2 is 1.62 bits per heavy atom. The lowest BCUT2D eigenvalue weighted by Crippen LogP contribution is -2.31. The third-order valence-corrected chi connectivity index (χ3v) is 6.66. The van der Waals surface area contributed by atoms with E-state index in [1.807, 2.05) is 45.0 Å². The minimum atomic E-state index is -3.54. The first-order chi connectivity index (χ1) is 13.7. The maximum atomic E-state index is 13.4. The second-order valence-corrected chi connectivity index (χ2v) is 10.3. The molecule has 29 heavy (non-hydrogen) atoms. The summed E-state index contributed by atoms with van der Waals surface area (Å²) in [5.74, 6) is 0.328. The van der Waals surface area contributed by atoms with Gasteiger partial charge >= 0.3 is 7.60 Å². The van der Waals surface area contributed by atoms with Crippen LogP contribution in [0.15, 0.2) is 59.0 Å². The molecule has 2 aromatic carbocycles. The molecule has 1 saturated heterocycles. The van der Waals surface area contributed by atoms with Crippen molar-refractivity contribution in [1.82, 2.24) is 0 Å². The normalized spacial score (nSPS) is 17.9. The Morgan fingerprint density at radius 3 is 2.24 bits per heavy atom. The lowest BCUT2D eigenvalue weighted by atomic mass is 9.97. The van der Waals surface area contributed by atoms with Crippen LogP contribution in [0.4, 0.5) is 4.39 Å². The van der Waals surface area contributed by atoms with Gasteiger partial charge in [0.1, 0.15) is 11.6 Å². The molecule has 1 aliphatic rings. The van der Waals surface area contributed by atoms with Crippen LogP contribution < -0.4 is 5.50 Å². The summed E-state index contributed by atoms with van der Waals surface area (Å²) in [6, 6.07) is 16.0.